The Morgan fingerprint density at radius 2 is 1.64 bits per heavy atom. The Bertz CT molecular complexity index is 776. The van der Waals surface area contributed by atoms with Gasteiger partial charge in [0.05, 0.1) is 32.6 Å². The van der Waals surface area contributed by atoms with E-state index >= 15 is 0 Å². The number of nitrogens with zero attached hydrogens (tertiary/aromatic N) is 1. The monoisotopic (exact) mass is 344 g/mol. The van der Waals surface area contributed by atoms with Crippen molar-refractivity contribution < 1.29 is 23.8 Å². The van der Waals surface area contributed by atoms with Gasteiger partial charge in [0.2, 0.25) is 0 Å². The van der Waals surface area contributed by atoms with Gasteiger partial charge in [0.25, 0.3) is 5.91 Å². The van der Waals surface area contributed by atoms with E-state index in [1.807, 2.05) is 0 Å². The van der Waals surface area contributed by atoms with Gasteiger partial charge in [-0.2, -0.15) is 0 Å². The third kappa shape index (κ3) is 4.00. The molecular weight excluding hydrogens is 324 g/mol. The van der Waals surface area contributed by atoms with E-state index in [0.717, 1.165) is 0 Å². The van der Waals surface area contributed by atoms with E-state index in [1.165, 1.54) is 19.1 Å². The Morgan fingerprint density at radius 3 is 2.28 bits per heavy atom. The summed E-state index contributed by atoms with van der Waals surface area (Å²) in [5.74, 6) is 0.791. The molecule has 2 aromatic carbocycles. The molecule has 0 spiro atoms. The third-order valence-corrected chi connectivity index (χ3v) is 3.64. The largest absolute Gasteiger partial charge is 0.493 e. The van der Waals surface area contributed by atoms with Crippen molar-refractivity contribution in [2.24, 2.45) is 0 Å². The number of rotatable bonds is 5. The Balaban J connectivity index is 2.33. The molecule has 0 saturated carbocycles. The van der Waals surface area contributed by atoms with Gasteiger partial charge in [0.15, 0.2) is 11.5 Å². The van der Waals surface area contributed by atoms with Crippen LogP contribution in [0, 0.1) is 0 Å². The molecule has 132 valence electrons. The van der Waals surface area contributed by atoms with Gasteiger partial charge in [-0.3, -0.25) is 10.1 Å². The maximum Gasteiger partial charge on any atom is 0.411 e. The van der Waals surface area contributed by atoms with Crippen molar-refractivity contribution in [2.75, 3.05) is 38.6 Å². The van der Waals surface area contributed by atoms with Gasteiger partial charge in [-0.1, -0.05) is 12.1 Å². The lowest BCUT2D eigenvalue weighted by Crippen LogP contribution is -2.27. The summed E-state index contributed by atoms with van der Waals surface area (Å²) < 4.78 is 15.1. The first-order chi connectivity index (χ1) is 12.0. The van der Waals surface area contributed by atoms with Crippen molar-refractivity contribution in [1.29, 1.82) is 0 Å². The fourth-order valence-corrected chi connectivity index (χ4v) is 2.27. The maximum absolute atomic E-state index is 12.9. The predicted octanol–water partition coefficient (Wildman–Crippen LogP) is 3.16. The highest BCUT2D eigenvalue weighted by Gasteiger charge is 2.19. The van der Waals surface area contributed by atoms with Crippen LogP contribution in [0.3, 0.4) is 0 Å². The highest BCUT2D eigenvalue weighted by atomic mass is 16.5. The Labute approximate surface area is 146 Å². The molecule has 2 aromatic rings. The number of anilines is 2. The van der Waals surface area contributed by atoms with Gasteiger partial charge < -0.3 is 19.1 Å². The molecule has 7 nitrogen and oxygen atoms in total. The molecule has 0 radical (unpaired) electrons. The Morgan fingerprint density at radius 1 is 0.960 bits per heavy atom. The lowest BCUT2D eigenvalue weighted by molar-refractivity contribution is 0.0994. The number of ether oxygens (including phenoxy) is 3. The highest BCUT2D eigenvalue weighted by molar-refractivity contribution is 6.10. The van der Waals surface area contributed by atoms with Gasteiger partial charge in [0, 0.05) is 18.8 Å². The molecule has 0 atom stereocenters. The lowest BCUT2D eigenvalue weighted by Gasteiger charge is -2.20. The summed E-state index contributed by atoms with van der Waals surface area (Å²) in [7, 11) is 5.97. The summed E-state index contributed by atoms with van der Waals surface area (Å²) in [5, 5.41) is 2.53. The maximum atomic E-state index is 12.9. The van der Waals surface area contributed by atoms with E-state index in [0.29, 0.717) is 28.4 Å². The molecule has 2 amide bonds. The summed E-state index contributed by atoms with van der Waals surface area (Å²) in [5.41, 5.74) is 1.33. The standard InChI is InChI=1S/C18H20N2O5/c1-20(12-9-10-15(23-2)16(11-12)24-3)17(21)13-7-5-6-8-14(13)19-18(22)25-4/h5-11H,1-4H3,(H,19,22). The molecule has 1 N–H and O–H groups in total. The minimum atomic E-state index is -0.644. The summed E-state index contributed by atoms with van der Waals surface area (Å²) in [6, 6.07) is 11.9. The minimum absolute atomic E-state index is 0.292. The second-order valence-corrected chi connectivity index (χ2v) is 5.07. The van der Waals surface area contributed by atoms with Crippen LogP contribution >= 0.6 is 0 Å². The van der Waals surface area contributed by atoms with E-state index in [9.17, 15) is 9.59 Å². The number of amides is 2. The number of benzene rings is 2. The molecule has 7 heteroatoms. The average Bonchev–Trinajstić information content (AvgIpc) is 2.66. The first-order valence-electron chi connectivity index (χ1n) is 7.46. The molecular formula is C18H20N2O5. The van der Waals surface area contributed by atoms with Crippen LogP contribution in [0.25, 0.3) is 0 Å². The molecule has 0 unspecified atom stereocenters. The molecule has 0 aromatic heterocycles. The second kappa shape index (κ2) is 8.05. The molecule has 0 saturated heterocycles. The topological polar surface area (TPSA) is 77.1 Å². The van der Waals surface area contributed by atoms with Crippen LogP contribution in [0.2, 0.25) is 0 Å². The quantitative estimate of drug-likeness (QED) is 0.901. The van der Waals surface area contributed by atoms with Crippen LogP contribution in [-0.4, -0.2) is 40.4 Å². The van der Waals surface area contributed by atoms with Gasteiger partial charge in [-0.05, 0) is 24.3 Å². The van der Waals surface area contributed by atoms with Crippen LogP contribution in [-0.2, 0) is 4.74 Å². The van der Waals surface area contributed by atoms with Gasteiger partial charge in [-0.25, -0.2) is 4.79 Å². The van der Waals surface area contributed by atoms with E-state index < -0.39 is 6.09 Å². The smallest absolute Gasteiger partial charge is 0.411 e. The fourth-order valence-electron chi connectivity index (χ4n) is 2.27. The molecule has 0 bridgehead atoms. The first-order valence-corrected chi connectivity index (χ1v) is 7.46. The van der Waals surface area contributed by atoms with E-state index in [4.69, 9.17) is 9.47 Å². The van der Waals surface area contributed by atoms with Crippen molar-refractivity contribution in [3.8, 4) is 11.5 Å². The zero-order chi connectivity index (χ0) is 18.4. The van der Waals surface area contributed by atoms with Gasteiger partial charge in [-0.15, -0.1) is 0 Å². The number of carbonyl (C=O) groups excluding carboxylic acids is 2. The average molecular weight is 344 g/mol. The van der Waals surface area contributed by atoms with Crippen LogP contribution in [0.1, 0.15) is 10.4 Å². The van der Waals surface area contributed by atoms with Gasteiger partial charge >= 0.3 is 6.09 Å². The summed E-state index contributed by atoms with van der Waals surface area (Å²) in [6.45, 7) is 0. The zero-order valence-corrected chi connectivity index (χ0v) is 14.5. The van der Waals surface area contributed by atoms with Crippen LogP contribution in [0.15, 0.2) is 42.5 Å². The molecule has 0 aliphatic heterocycles. The molecule has 0 aliphatic rings. The third-order valence-electron chi connectivity index (χ3n) is 3.64. The minimum Gasteiger partial charge on any atom is -0.493 e. The normalized spacial score (nSPS) is 9.92. The van der Waals surface area contributed by atoms with E-state index in [-0.39, 0.29) is 5.91 Å². The first kappa shape index (κ1) is 18.1. The number of para-hydroxylation sites is 1. The number of carbonyl (C=O) groups is 2. The number of methoxy groups -OCH3 is 3. The SMILES string of the molecule is COC(=O)Nc1ccccc1C(=O)N(C)c1ccc(OC)c(OC)c1. The number of hydrogen-bond donors (Lipinski definition) is 1. The Hall–Kier alpha value is -3.22. The molecule has 0 fully saturated rings. The molecule has 25 heavy (non-hydrogen) atoms. The number of hydrogen-bond acceptors (Lipinski definition) is 5. The van der Waals surface area contributed by atoms with Crippen molar-refractivity contribution in [2.45, 2.75) is 0 Å². The summed E-state index contributed by atoms with van der Waals surface area (Å²) in [6.07, 6.45) is -0.644. The van der Waals surface area contributed by atoms with Crippen LogP contribution in [0.5, 0.6) is 11.5 Å². The van der Waals surface area contributed by atoms with Crippen molar-refractivity contribution in [3.05, 3.63) is 48.0 Å². The predicted molar refractivity (Wildman–Crippen MR) is 94.7 cm³/mol. The second-order valence-electron chi connectivity index (χ2n) is 5.07. The van der Waals surface area contributed by atoms with Crippen molar-refractivity contribution in [1.82, 2.24) is 0 Å². The molecule has 0 aliphatic carbocycles. The van der Waals surface area contributed by atoms with Crippen LogP contribution in [0.4, 0.5) is 16.2 Å². The zero-order valence-electron chi connectivity index (χ0n) is 14.5. The van der Waals surface area contributed by atoms with Crippen LogP contribution < -0.4 is 19.7 Å². The fraction of sp³-hybridized carbons (Fsp3) is 0.222. The molecule has 0 heterocycles. The summed E-state index contributed by atoms with van der Waals surface area (Å²) in [4.78, 5) is 25.8. The van der Waals surface area contributed by atoms with Gasteiger partial charge in [0.1, 0.15) is 0 Å². The van der Waals surface area contributed by atoms with E-state index in [2.05, 4.69) is 10.1 Å². The van der Waals surface area contributed by atoms with E-state index in [1.54, 1.807) is 56.6 Å². The Kier molecular flexibility index (Phi) is 5.84. The highest BCUT2D eigenvalue weighted by Crippen LogP contribution is 2.32. The summed E-state index contributed by atoms with van der Waals surface area (Å²) >= 11 is 0. The van der Waals surface area contributed by atoms with Crippen molar-refractivity contribution in [3.63, 3.8) is 0 Å². The van der Waals surface area contributed by atoms with Crippen molar-refractivity contribution >= 4 is 23.4 Å². The molecule has 2 rings (SSSR count). The lowest BCUT2D eigenvalue weighted by atomic mass is 10.1. The number of nitrogens with one attached hydrogen (secondary N) is 1.